The lowest BCUT2D eigenvalue weighted by molar-refractivity contribution is -0.140. The summed E-state index contributed by atoms with van der Waals surface area (Å²) >= 11 is 0. The molecule has 0 bridgehead atoms. The lowest BCUT2D eigenvalue weighted by Crippen LogP contribution is -2.35. The summed E-state index contributed by atoms with van der Waals surface area (Å²) in [5.74, 6) is -1.80. The maximum Gasteiger partial charge on any atom is 0.233 e. The van der Waals surface area contributed by atoms with Gasteiger partial charge in [-0.2, -0.15) is 0 Å². The first-order chi connectivity index (χ1) is 16.9. The van der Waals surface area contributed by atoms with Crippen molar-refractivity contribution in [1.29, 1.82) is 0 Å². The van der Waals surface area contributed by atoms with E-state index < -0.39 is 5.82 Å². The molecular weight excluding hydrogens is 449 g/mol. The highest BCUT2D eigenvalue weighted by Crippen LogP contribution is 2.50. The summed E-state index contributed by atoms with van der Waals surface area (Å²) in [6.45, 7) is 5.45. The molecule has 0 saturated carbocycles. The third kappa shape index (κ3) is 5.07. The van der Waals surface area contributed by atoms with Crippen molar-refractivity contribution in [2.24, 2.45) is 17.8 Å². The lowest BCUT2D eigenvalue weighted by atomic mass is 9.69. The highest BCUT2D eigenvalue weighted by molar-refractivity contribution is 6.05. The number of carbonyl (C=O) groups is 2. The second-order valence-electron chi connectivity index (χ2n) is 9.89. The van der Waals surface area contributed by atoms with Gasteiger partial charge in [-0.3, -0.25) is 14.5 Å². The van der Waals surface area contributed by atoms with Crippen LogP contribution in [0.2, 0.25) is 0 Å². The fourth-order valence-corrected chi connectivity index (χ4v) is 6.04. The number of fused-ring (bicyclic) bond motifs is 3. The van der Waals surface area contributed by atoms with Crippen molar-refractivity contribution in [2.75, 3.05) is 26.9 Å². The molecule has 35 heavy (non-hydrogen) atoms. The van der Waals surface area contributed by atoms with Gasteiger partial charge >= 0.3 is 0 Å². The molecule has 1 aromatic carbocycles. The molecule has 7 heteroatoms. The summed E-state index contributed by atoms with van der Waals surface area (Å²) in [6.07, 6.45) is 6.55. The molecule has 4 rings (SSSR count). The Morgan fingerprint density at radius 3 is 2.69 bits per heavy atom. The van der Waals surface area contributed by atoms with Crippen molar-refractivity contribution in [3.05, 3.63) is 46.3 Å². The SMILES string of the molecule is CCC/C(=C\c1ccc(O)c(F)c1)CC[C@H]1OC[C@H]2C1=C(COC)C[C@H]1C(=O)N(CCC)C(=O)[C@H]12. The van der Waals surface area contributed by atoms with E-state index in [0.29, 0.717) is 26.2 Å². The van der Waals surface area contributed by atoms with Crippen LogP contribution in [0.25, 0.3) is 6.08 Å². The van der Waals surface area contributed by atoms with E-state index in [4.69, 9.17) is 9.47 Å². The van der Waals surface area contributed by atoms with Gasteiger partial charge in [-0.25, -0.2) is 4.39 Å². The highest BCUT2D eigenvalue weighted by atomic mass is 19.1. The van der Waals surface area contributed by atoms with Crippen LogP contribution in [-0.4, -0.2) is 54.8 Å². The van der Waals surface area contributed by atoms with Crippen LogP contribution in [0.15, 0.2) is 34.9 Å². The van der Waals surface area contributed by atoms with Crippen molar-refractivity contribution < 1.29 is 28.6 Å². The quantitative estimate of drug-likeness (QED) is 0.378. The topological polar surface area (TPSA) is 76.1 Å². The van der Waals surface area contributed by atoms with Crippen LogP contribution in [0.3, 0.4) is 0 Å². The molecule has 0 radical (unpaired) electrons. The fraction of sp³-hybridized carbons (Fsp3) is 0.571. The summed E-state index contributed by atoms with van der Waals surface area (Å²) in [5.41, 5.74) is 4.16. The first-order valence-corrected chi connectivity index (χ1v) is 12.7. The highest BCUT2D eigenvalue weighted by Gasteiger charge is 2.56. The third-order valence-electron chi connectivity index (χ3n) is 7.51. The number of phenolic OH excluding ortho intramolecular Hbond substituents is 1. The number of hydrogen-bond donors (Lipinski definition) is 1. The molecule has 2 amide bonds. The minimum atomic E-state index is -0.629. The maximum absolute atomic E-state index is 13.8. The molecule has 3 aliphatic rings. The molecule has 4 atom stereocenters. The number of nitrogens with zero attached hydrogens (tertiary/aromatic N) is 1. The number of benzene rings is 1. The van der Waals surface area contributed by atoms with Gasteiger partial charge in [0, 0.05) is 19.6 Å². The Labute approximate surface area is 206 Å². The normalized spacial score (nSPS) is 26.5. The van der Waals surface area contributed by atoms with Gasteiger partial charge in [-0.15, -0.1) is 0 Å². The number of hydrogen-bond acceptors (Lipinski definition) is 5. The van der Waals surface area contributed by atoms with Crippen LogP contribution >= 0.6 is 0 Å². The third-order valence-corrected chi connectivity index (χ3v) is 7.51. The summed E-state index contributed by atoms with van der Waals surface area (Å²) in [5, 5.41) is 9.48. The Balaban J connectivity index is 1.55. The second kappa shape index (κ2) is 11.0. The number of likely N-dealkylation sites (tertiary alicyclic amines) is 1. The number of phenols is 1. The Hall–Kier alpha value is -2.51. The molecule has 2 saturated heterocycles. The fourth-order valence-electron chi connectivity index (χ4n) is 6.04. The van der Waals surface area contributed by atoms with Crippen LogP contribution in [0, 0.1) is 23.6 Å². The first-order valence-electron chi connectivity index (χ1n) is 12.7. The van der Waals surface area contributed by atoms with Gasteiger partial charge in [0.1, 0.15) is 0 Å². The van der Waals surface area contributed by atoms with Crippen LogP contribution in [0.1, 0.15) is 57.9 Å². The smallest absolute Gasteiger partial charge is 0.233 e. The van der Waals surface area contributed by atoms with Gasteiger partial charge in [0.15, 0.2) is 11.6 Å². The molecule has 1 aromatic rings. The lowest BCUT2D eigenvalue weighted by Gasteiger charge is -2.31. The van der Waals surface area contributed by atoms with Crippen LogP contribution in [0.4, 0.5) is 4.39 Å². The van der Waals surface area contributed by atoms with Crippen molar-refractivity contribution in [1.82, 2.24) is 4.90 Å². The Kier molecular flexibility index (Phi) is 8.07. The molecule has 2 fully saturated rings. The van der Waals surface area contributed by atoms with Gasteiger partial charge in [0.05, 0.1) is 31.2 Å². The zero-order valence-corrected chi connectivity index (χ0v) is 20.9. The number of imide groups is 1. The standard InChI is InChI=1S/C28H36FNO5/c1-4-6-17(12-18-7-9-23(31)22(29)13-18)8-10-24-25-19(15-34-3)14-20-26(21(25)16-35-24)28(33)30(11-5-2)27(20)32/h7,9,12-13,20-21,24,26,31H,4-6,8,10-11,14-16H2,1-3H3/b17-12+/t20-,21+,24-,26-/m1/s1. The van der Waals surface area contributed by atoms with E-state index in [1.165, 1.54) is 22.6 Å². The second-order valence-corrected chi connectivity index (χ2v) is 9.89. The predicted molar refractivity (Wildman–Crippen MR) is 131 cm³/mol. The van der Waals surface area contributed by atoms with E-state index >= 15 is 0 Å². The van der Waals surface area contributed by atoms with E-state index in [0.717, 1.165) is 48.8 Å². The Morgan fingerprint density at radius 2 is 2.00 bits per heavy atom. The molecule has 2 heterocycles. The van der Waals surface area contributed by atoms with Crippen molar-refractivity contribution >= 4 is 17.9 Å². The number of rotatable bonds is 10. The number of halogens is 1. The summed E-state index contributed by atoms with van der Waals surface area (Å²) in [6, 6.07) is 4.43. The summed E-state index contributed by atoms with van der Waals surface area (Å²) < 4.78 is 25.6. The van der Waals surface area contributed by atoms with Crippen molar-refractivity contribution in [3.8, 4) is 5.75 Å². The molecule has 6 nitrogen and oxygen atoms in total. The molecule has 190 valence electrons. The van der Waals surface area contributed by atoms with Crippen LogP contribution < -0.4 is 0 Å². The largest absolute Gasteiger partial charge is 0.505 e. The van der Waals surface area contributed by atoms with Gasteiger partial charge in [0.25, 0.3) is 0 Å². The summed E-state index contributed by atoms with van der Waals surface area (Å²) in [7, 11) is 1.66. The molecule has 0 aromatic heterocycles. The van der Waals surface area contributed by atoms with Crippen LogP contribution in [-0.2, 0) is 19.1 Å². The minimum Gasteiger partial charge on any atom is -0.505 e. The van der Waals surface area contributed by atoms with E-state index in [1.807, 2.05) is 13.0 Å². The van der Waals surface area contributed by atoms with E-state index in [1.54, 1.807) is 13.2 Å². The number of amides is 2. The van der Waals surface area contributed by atoms with Gasteiger partial charge < -0.3 is 14.6 Å². The van der Waals surface area contributed by atoms with Crippen LogP contribution in [0.5, 0.6) is 5.75 Å². The predicted octanol–water partition coefficient (Wildman–Crippen LogP) is 4.87. The zero-order chi connectivity index (χ0) is 25.1. The number of aromatic hydroxyl groups is 1. The average Bonchev–Trinajstić information content (AvgIpc) is 3.35. The Morgan fingerprint density at radius 1 is 1.20 bits per heavy atom. The maximum atomic E-state index is 13.8. The van der Waals surface area contributed by atoms with Gasteiger partial charge in [-0.1, -0.05) is 38.0 Å². The van der Waals surface area contributed by atoms with Crippen molar-refractivity contribution in [2.45, 2.75) is 58.5 Å². The monoisotopic (exact) mass is 485 g/mol. The Bertz CT molecular complexity index is 1030. The number of carbonyl (C=O) groups excluding carboxylic acids is 2. The van der Waals surface area contributed by atoms with E-state index in [-0.39, 0.29) is 41.4 Å². The molecule has 2 aliphatic heterocycles. The molecule has 1 N–H and O–H groups in total. The first kappa shape index (κ1) is 25.6. The van der Waals surface area contributed by atoms with Gasteiger partial charge in [0.2, 0.25) is 11.8 Å². The average molecular weight is 486 g/mol. The summed E-state index contributed by atoms with van der Waals surface area (Å²) in [4.78, 5) is 27.7. The van der Waals surface area contributed by atoms with E-state index in [9.17, 15) is 19.1 Å². The zero-order valence-electron chi connectivity index (χ0n) is 20.9. The number of allylic oxidation sites excluding steroid dienone is 1. The van der Waals surface area contributed by atoms with E-state index in [2.05, 4.69) is 6.92 Å². The molecule has 0 spiro atoms. The molecule has 1 aliphatic carbocycles. The number of ether oxygens (including phenoxy) is 2. The van der Waals surface area contributed by atoms with Gasteiger partial charge in [-0.05, 0) is 60.9 Å². The molecular formula is C28H36FNO5. The number of methoxy groups -OCH3 is 1. The van der Waals surface area contributed by atoms with Crippen molar-refractivity contribution in [3.63, 3.8) is 0 Å². The molecule has 0 unspecified atom stereocenters. The minimum absolute atomic E-state index is 0.0488.